The summed E-state index contributed by atoms with van der Waals surface area (Å²) >= 11 is 0. The molecule has 7 nitrogen and oxygen atoms in total. The van der Waals surface area contributed by atoms with E-state index in [4.69, 9.17) is 0 Å². The summed E-state index contributed by atoms with van der Waals surface area (Å²) in [6.45, 7) is 27.3. The van der Waals surface area contributed by atoms with Crippen LogP contribution in [-0.4, -0.2) is 28.4 Å². The number of fused-ring (bicyclic) bond motifs is 15. The van der Waals surface area contributed by atoms with E-state index in [1.807, 2.05) is 0 Å². The van der Waals surface area contributed by atoms with Crippen molar-refractivity contribution in [2.45, 2.75) is 105 Å². The first-order valence-electron chi connectivity index (χ1n) is 45.9. The van der Waals surface area contributed by atoms with Crippen LogP contribution in [0.3, 0.4) is 0 Å². The second kappa shape index (κ2) is 34.3. The Bertz CT molecular complexity index is 7940. The Hall–Kier alpha value is -15.4. The Labute approximate surface area is 768 Å². The van der Waals surface area contributed by atoms with E-state index >= 15 is 0 Å². The summed E-state index contributed by atoms with van der Waals surface area (Å²) in [6, 6.07) is 160. The number of nitrogens with zero attached hydrogens (tertiary/aromatic N) is 7. The molecule has 7 heteroatoms. The summed E-state index contributed by atoms with van der Waals surface area (Å²) < 4.78 is 12.0. The van der Waals surface area contributed by atoms with Gasteiger partial charge in [-0.25, -0.2) is 0 Å². The first-order chi connectivity index (χ1) is 63.6. The first-order valence-corrected chi connectivity index (χ1v) is 45.9. The Balaban J connectivity index is 0.000000113. The van der Waals surface area contributed by atoms with Crippen LogP contribution in [0.4, 0.5) is 28.4 Å². The van der Waals surface area contributed by atoms with Crippen LogP contribution in [0.15, 0.2) is 443 Å². The van der Waals surface area contributed by atoms with Gasteiger partial charge in [0.1, 0.15) is 0 Å². The smallest absolute Gasteiger partial charge is 0.0542 e. The normalized spacial score (nSPS) is 12.0. The second-order valence-electron chi connectivity index (χ2n) is 38.6. The number of para-hydroxylation sites is 11. The maximum Gasteiger partial charge on any atom is 0.0542 e. The fourth-order valence-electron chi connectivity index (χ4n) is 19.4. The summed E-state index contributed by atoms with van der Waals surface area (Å²) in [7, 11) is 0. The fourth-order valence-corrected chi connectivity index (χ4v) is 19.4. The van der Waals surface area contributed by atoms with Crippen molar-refractivity contribution in [3.63, 3.8) is 0 Å². The van der Waals surface area contributed by atoms with Crippen LogP contribution in [0.5, 0.6) is 0 Å². The number of anilines is 5. The van der Waals surface area contributed by atoms with Gasteiger partial charge in [-0.15, -0.1) is 0 Å². The molecule has 5 heterocycles. The molecule has 23 aromatic rings. The maximum absolute atomic E-state index is 2.41. The Morgan fingerprint density at radius 2 is 0.389 bits per heavy atom. The molecule has 0 aliphatic carbocycles. The number of aromatic nitrogens is 5. The minimum absolute atomic E-state index is 0.0582. The molecule has 640 valence electrons. The zero-order chi connectivity index (χ0) is 89.9. The summed E-state index contributed by atoms with van der Waals surface area (Å²) in [5.41, 5.74) is 30.9. The van der Waals surface area contributed by atoms with Crippen LogP contribution in [0, 0.1) is 0 Å². The molecular formula is C124H109N7. The van der Waals surface area contributed by atoms with Gasteiger partial charge in [0.2, 0.25) is 0 Å². The first kappa shape index (κ1) is 83.8. The van der Waals surface area contributed by atoms with Gasteiger partial charge >= 0.3 is 0 Å². The summed E-state index contributed by atoms with van der Waals surface area (Å²) in [5, 5.41) is 12.8. The molecular weight excluding hydrogens is 1590 g/mol. The molecule has 0 atom stereocenters. The van der Waals surface area contributed by atoms with Gasteiger partial charge in [-0.1, -0.05) is 293 Å². The van der Waals surface area contributed by atoms with Gasteiger partial charge in [-0.05, 0) is 277 Å². The van der Waals surface area contributed by atoms with Crippen LogP contribution in [-0.2, 0) is 16.2 Å². The van der Waals surface area contributed by atoms with Gasteiger partial charge in [0.15, 0.2) is 0 Å². The molecule has 0 saturated carbocycles. The van der Waals surface area contributed by atoms with E-state index in [1.54, 1.807) is 0 Å². The summed E-state index contributed by atoms with van der Waals surface area (Å²) in [6.07, 6.45) is 0. The van der Waals surface area contributed by atoms with Gasteiger partial charge in [0.05, 0.1) is 55.2 Å². The average molecular weight is 1700 g/mol. The fraction of sp³-hybridized carbons (Fsp3) is 0.129. The molecule has 131 heavy (non-hydrogen) atoms. The SMILES string of the molecule is CC(C)(C)N(c1ccccc1)c1ccccc1.CC(C)(C)c1ccc2c(c1)c1cc(-c3ccc4c(c3)c3ccccc3n4-c3ccccc3)ccc1n2-c1ccccc1.CC(C)(C)c1ccc2c(c1)c1cc(-n3c4ccccc4c4ccccc43)ccc1n2-c1ccccc1.CC(C)(C)c1ccc2c(c1)c1cc(N(c3ccccc3)c3ccccc3)ccc1n2-c1ccccc1. The molecule has 0 aliphatic heterocycles. The van der Waals surface area contributed by atoms with Crippen molar-refractivity contribution in [3.05, 3.63) is 460 Å². The number of hydrogen-bond donors (Lipinski definition) is 0. The Kier molecular flexibility index (Phi) is 21.9. The molecule has 5 aromatic heterocycles. The molecule has 18 aromatic carbocycles. The zero-order valence-corrected chi connectivity index (χ0v) is 76.8. The molecule has 0 bridgehead atoms. The van der Waals surface area contributed by atoms with Crippen LogP contribution in [0.1, 0.15) is 99.8 Å². The van der Waals surface area contributed by atoms with Crippen molar-refractivity contribution in [2.24, 2.45) is 0 Å². The lowest BCUT2D eigenvalue weighted by atomic mass is 9.86. The molecule has 0 saturated heterocycles. The Morgan fingerprint density at radius 3 is 0.710 bits per heavy atom. The largest absolute Gasteiger partial charge is 0.336 e. The monoisotopic (exact) mass is 1700 g/mol. The van der Waals surface area contributed by atoms with Gasteiger partial charge in [0, 0.05) is 116 Å². The van der Waals surface area contributed by atoms with Crippen LogP contribution in [0.2, 0.25) is 0 Å². The zero-order valence-electron chi connectivity index (χ0n) is 76.8. The molecule has 0 amide bonds. The topological polar surface area (TPSA) is 31.1 Å². The van der Waals surface area contributed by atoms with E-state index in [-0.39, 0.29) is 21.8 Å². The summed E-state index contributed by atoms with van der Waals surface area (Å²) in [4.78, 5) is 4.69. The van der Waals surface area contributed by atoms with E-state index in [2.05, 4.69) is 559 Å². The predicted octanol–water partition coefficient (Wildman–Crippen LogP) is 34.2. The summed E-state index contributed by atoms with van der Waals surface area (Å²) in [5.74, 6) is 0. The van der Waals surface area contributed by atoms with Crippen LogP contribution >= 0.6 is 0 Å². The van der Waals surface area contributed by atoms with Crippen molar-refractivity contribution in [1.82, 2.24) is 22.8 Å². The Morgan fingerprint density at radius 1 is 0.160 bits per heavy atom. The minimum Gasteiger partial charge on any atom is -0.336 e. The highest BCUT2D eigenvalue weighted by atomic mass is 15.2. The van der Waals surface area contributed by atoms with Crippen LogP contribution in [0.25, 0.3) is 149 Å². The van der Waals surface area contributed by atoms with Crippen LogP contribution < -0.4 is 9.80 Å². The molecule has 0 aliphatic rings. The highest BCUT2D eigenvalue weighted by Crippen LogP contribution is 2.46. The van der Waals surface area contributed by atoms with Crippen molar-refractivity contribution < 1.29 is 0 Å². The molecule has 0 radical (unpaired) electrons. The quantitative estimate of drug-likeness (QED) is 0.129. The van der Waals surface area contributed by atoms with E-state index in [9.17, 15) is 0 Å². The lowest BCUT2D eigenvalue weighted by Crippen LogP contribution is -2.37. The van der Waals surface area contributed by atoms with Gasteiger partial charge in [-0.2, -0.15) is 0 Å². The average Bonchev–Trinajstić information content (AvgIpc) is 1.47. The standard InChI is InChI=1S/C40H32N2.C34H28N2.C34H30N2.C16H19N/c1-40(2,3)29-20-23-39-35(26-29)34-25-28(19-22-38(34)42(39)31-14-8-5-9-15-31)27-18-21-37-33(24-27)32-16-10-11-17-36(32)41(37)30-12-6-4-7-13-30;1-34(2,3)23-17-19-32-28(21-23)29-22-25(18-20-33(29)35(32)24-11-5-4-6-12-24)36-30-15-9-7-13-26(30)27-14-8-10-16-31(27)36;1-34(2,3)25-19-21-32-30(23-25)31-24-29(20-22-33(31)36(32)28-17-11-6-12-18-28)35(26-13-7-4-8-14-26)27-15-9-5-10-16-27;1-16(2,3)17(14-10-6-4-7-11-14)15-12-8-5-9-13-15/h4-26H,1-3H3;4-22H,1-3H3;4-24H,1-3H3;4-13H,1-3H3. The number of hydrogen-bond acceptors (Lipinski definition) is 2. The molecule has 23 rings (SSSR count). The van der Waals surface area contributed by atoms with Crippen molar-refractivity contribution in [2.75, 3.05) is 9.80 Å². The number of rotatable bonds is 11. The minimum atomic E-state index is 0.0582. The van der Waals surface area contributed by atoms with E-state index < -0.39 is 0 Å². The number of benzene rings is 18. The van der Waals surface area contributed by atoms with Crippen molar-refractivity contribution >= 4 is 137 Å². The van der Waals surface area contributed by atoms with Crippen molar-refractivity contribution in [1.29, 1.82) is 0 Å². The third-order valence-electron chi connectivity index (χ3n) is 25.7. The maximum atomic E-state index is 2.41. The highest BCUT2D eigenvalue weighted by molar-refractivity contribution is 6.16. The highest BCUT2D eigenvalue weighted by Gasteiger charge is 2.27. The molecule has 0 N–H and O–H groups in total. The van der Waals surface area contributed by atoms with Gasteiger partial charge < -0.3 is 32.6 Å². The molecule has 0 spiro atoms. The molecule has 0 fully saturated rings. The van der Waals surface area contributed by atoms with Gasteiger partial charge in [-0.3, -0.25) is 0 Å². The van der Waals surface area contributed by atoms with E-state index in [0.717, 1.165) is 17.1 Å². The van der Waals surface area contributed by atoms with Crippen molar-refractivity contribution in [3.8, 4) is 39.6 Å². The van der Waals surface area contributed by atoms with Gasteiger partial charge in [0.25, 0.3) is 0 Å². The second-order valence-corrected chi connectivity index (χ2v) is 38.6. The van der Waals surface area contributed by atoms with E-state index in [1.165, 1.54) is 177 Å². The lowest BCUT2D eigenvalue weighted by molar-refractivity contribution is 0.560. The lowest BCUT2D eigenvalue weighted by Gasteiger charge is -2.37. The third-order valence-corrected chi connectivity index (χ3v) is 25.7. The van der Waals surface area contributed by atoms with E-state index in [0.29, 0.717) is 0 Å². The third kappa shape index (κ3) is 16.1. The molecule has 0 unspecified atom stereocenters. The predicted molar refractivity (Wildman–Crippen MR) is 562 cm³/mol.